The molecule has 1 aromatic carbocycles. The number of piperazine rings is 1. The second-order valence-corrected chi connectivity index (χ2v) is 7.78. The molecule has 152 valence electrons. The van der Waals surface area contributed by atoms with Gasteiger partial charge in [-0.1, -0.05) is 38.5 Å². The summed E-state index contributed by atoms with van der Waals surface area (Å²) in [5, 5.41) is 0. The summed E-state index contributed by atoms with van der Waals surface area (Å²) in [5.41, 5.74) is 1.73. The van der Waals surface area contributed by atoms with Crippen molar-refractivity contribution in [2.24, 2.45) is 5.92 Å². The van der Waals surface area contributed by atoms with E-state index in [1.165, 1.54) is 0 Å². The molecule has 0 spiro atoms. The van der Waals surface area contributed by atoms with Crippen molar-refractivity contribution in [3.05, 3.63) is 53.9 Å². The van der Waals surface area contributed by atoms with E-state index in [0.29, 0.717) is 38.7 Å². The van der Waals surface area contributed by atoms with E-state index in [1.54, 1.807) is 23.4 Å². The molecule has 4 rings (SSSR count). The van der Waals surface area contributed by atoms with E-state index in [1.807, 2.05) is 29.2 Å². The standard InChI is InChI=1S/C22H27N5O2/c1-3-16(2)19(27-15-17-7-4-5-8-18(17)20(27)28)21(29)25-11-13-26(14-12-25)22-23-9-6-10-24-22/h4-10,16,19H,3,11-15H2,1-2H3/t16-,19-/m1/s1. The Kier molecular flexibility index (Phi) is 5.47. The molecule has 2 aliphatic rings. The Balaban J connectivity index is 1.49. The summed E-state index contributed by atoms with van der Waals surface area (Å²) >= 11 is 0. The molecule has 2 amide bonds. The average molecular weight is 393 g/mol. The zero-order chi connectivity index (χ0) is 20.4. The summed E-state index contributed by atoms with van der Waals surface area (Å²) in [6, 6.07) is 9.02. The number of fused-ring (bicyclic) bond motifs is 1. The molecule has 0 saturated carbocycles. The van der Waals surface area contributed by atoms with Gasteiger partial charge >= 0.3 is 0 Å². The van der Waals surface area contributed by atoms with E-state index in [0.717, 1.165) is 17.5 Å². The molecule has 2 atom stereocenters. The van der Waals surface area contributed by atoms with Crippen LogP contribution in [0.2, 0.25) is 0 Å². The maximum absolute atomic E-state index is 13.5. The highest BCUT2D eigenvalue weighted by atomic mass is 16.2. The van der Waals surface area contributed by atoms with Crippen LogP contribution >= 0.6 is 0 Å². The fraction of sp³-hybridized carbons (Fsp3) is 0.455. The normalized spacial score (nSPS) is 18.6. The van der Waals surface area contributed by atoms with Gasteiger partial charge in [0.25, 0.3) is 5.91 Å². The molecule has 0 radical (unpaired) electrons. The predicted octanol–water partition coefficient (Wildman–Crippen LogP) is 2.20. The maximum Gasteiger partial charge on any atom is 0.255 e. The van der Waals surface area contributed by atoms with Crippen LogP contribution in [-0.4, -0.2) is 63.8 Å². The SMILES string of the molecule is CC[C@@H](C)[C@H](C(=O)N1CCN(c2ncccn2)CC1)N1Cc2ccccc2C1=O. The summed E-state index contributed by atoms with van der Waals surface area (Å²) < 4.78 is 0. The molecule has 0 bridgehead atoms. The fourth-order valence-corrected chi connectivity index (χ4v) is 4.18. The first-order valence-electron chi connectivity index (χ1n) is 10.3. The number of carbonyl (C=O) groups is 2. The zero-order valence-electron chi connectivity index (χ0n) is 17.0. The summed E-state index contributed by atoms with van der Waals surface area (Å²) in [4.78, 5) is 40.9. The molecular weight excluding hydrogens is 366 g/mol. The monoisotopic (exact) mass is 393 g/mol. The largest absolute Gasteiger partial charge is 0.337 e. The number of aromatic nitrogens is 2. The molecule has 0 N–H and O–H groups in total. The lowest BCUT2D eigenvalue weighted by Crippen LogP contribution is -2.57. The lowest BCUT2D eigenvalue weighted by molar-refractivity contribution is -0.138. The lowest BCUT2D eigenvalue weighted by atomic mass is 9.96. The van der Waals surface area contributed by atoms with Crippen LogP contribution in [0, 0.1) is 5.92 Å². The third-order valence-corrected chi connectivity index (χ3v) is 6.05. The Bertz CT molecular complexity index is 880. The van der Waals surface area contributed by atoms with E-state index < -0.39 is 6.04 Å². The summed E-state index contributed by atoms with van der Waals surface area (Å²) in [6.07, 6.45) is 4.30. The molecule has 3 heterocycles. The molecule has 2 aliphatic heterocycles. The van der Waals surface area contributed by atoms with Gasteiger partial charge in [0.05, 0.1) is 0 Å². The minimum atomic E-state index is -0.431. The van der Waals surface area contributed by atoms with Crippen LogP contribution in [0.25, 0.3) is 0 Å². The lowest BCUT2D eigenvalue weighted by Gasteiger charge is -2.39. The van der Waals surface area contributed by atoms with E-state index in [-0.39, 0.29) is 17.7 Å². The van der Waals surface area contributed by atoms with Crippen LogP contribution < -0.4 is 4.90 Å². The van der Waals surface area contributed by atoms with Crippen LogP contribution in [0.15, 0.2) is 42.7 Å². The van der Waals surface area contributed by atoms with Gasteiger partial charge in [-0.15, -0.1) is 0 Å². The number of amides is 2. The predicted molar refractivity (Wildman–Crippen MR) is 110 cm³/mol. The number of carbonyl (C=O) groups excluding carboxylic acids is 2. The van der Waals surface area contributed by atoms with Gasteiger partial charge < -0.3 is 14.7 Å². The van der Waals surface area contributed by atoms with Crippen LogP contribution in [0.1, 0.15) is 36.2 Å². The number of hydrogen-bond acceptors (Lipinski definition) is 5. The Labute approximate surface area is 171 Å². The number of rotatable bonds is 5. The fourth-order valence-electron chi connectivity index (χ4n) is 4.18. The summed E-state index contributed by atoms with van der Waals surface area (Å²) in [6.45, 7) is 7.25. The quantitative estimate of drug-likeness (QED) is 0.779. The van der Waals surface area contributed by atoms with E-state index in [9.17, 15) is 9.59 Å². The van der Waals surface area contributed by atoms with Crippen LogP contribution in [0.3, 0.4) is 0 Å². The first-order valence-corrected chi connectivity index (χ1v) is 10.3. The van der Waals surface area contributed by atoms with Gasteiger partial charge in [-0.3, -0.25) is 9.59 Å². The zero-order valence-corrected chi connectivity index (χ0v) is 17.0. The molecule has 1 fully saturated rings. The van der Waals surface area contributed by atoms with Crippen molar-refractivity contribution in [3.8, 4) is 0 Å². The van der Waals surface area contributed by atoms with Gasteiger partial charge in [0.15, 0.2) is 0 Å². The van der Waals surface area contributed by atoms with Crippen molar-refractivity contribution in [2.75, 3.05) is 31.1 Å². The van der Waals surface area contributed by atoms with Crippen LogP contribution in [0.4, 0.5) is 5.95 Å². The Morgan fingerprint density at radius 2 is 1.76 bits per heavy atom. The van der Waals surface area contributed by atoms with E-state index in [2.05, 4.69) is 28.7 Å². The third-order valence-electron chi connectivity index (χ3n) is 6.05. The van der Waals surface area contributed by atoms with Gasteiger partial charge in [-0.2, -0.15) is 0 Å². The van der Waals surface area contributed by atoms with E-state index >= 15 is 0 Å². The first-order chi connectivity index (χ1) is 14.1. The second kappa shape index (κ2) is 8.19. The smallest absolute Gasteiger partial charge is 0.255 e. The first kappa shape index (κ1) is 19.4. The average Bonchev–Trinajstić information content (AvgIpc) is 3.10. The van der Waals surface area contributed by atoms with Gasteiger partial charge in [0.1, 0.15) is 6.04 Å². The van der Waals surface area contributed by atoms with E-state index in [4.69, 9.17) is 0 Å². The molecule has 0 unspecified atom stereocenters. The van der Waals surface area contributed by atoms with Crippen molar-refractivity contribution in [2.45, 2.75) is 32.9 Å². The Morgan fingerprint density at radius 1 is 1.07 bits per heavy atom. The number of nitrogens with zero attached hydrogens (tertiary/aromatic N) is 5. The Hall–Kier alpha value is -2.96. The maximum atomic E-state index is 13.5. The third kappa shape index (κ3) is 3.69. The molecular formula is C22H27N5O2. The topological polar surface area (TPSA) is 69.6 Å². The van der Waals surface area contributed by atoms with Crippen LogP contribution in [-0.2, 0) is 11.3 Å². The molecule has 7 heteroatoms. The highest BCUT2D eigenvalue weighted by Crippen LogP contribution is 2.29. The molecule has 1 aromatic heterocycles. The summed E-state index contributed by atoms with van der Waals surface area (Å²) in [5.74, 6) is 0.809. The number of anilines is 1. The minimum absolute atomic E-state index is 0.0319. The Morgan fingerprint density at radius 3 is 2.41 bits per heavy atom. The van der Waals surface area contributed by atoms with Gasteiger partial charge in [0, 0.05) is 50.7 Å². The van der Waals surface area contributed by atoms with Gasteiger partial charge in [-0.05, 0) is 23.6 Å². The van der Waals surface area contributed by atoms with Gasteiger partial charge in [-0.25, -0.2) is 9.97 Å². The molecule has 1 saturated heterocycles. The minimum Gasteiger partial charge on any atom is -0.337 e. The van der Waals surface area contributed by atoms with Gasteiger partial charge in [0.2, 0.25) is 11.9 Å². The van der Waals surface area contributed by atoms with Crippen LogP contribution in [0.5, 0.6) is 0 Å². The highest BCUT2D eigenvalue weighted by Gasteiger charge is 2.41. The number of benzene rings is 1. The molecule has 2 aromatic rings. The molecule has 7 nitrogen and oxygen atoms in total. The van der Waals surface area contributed by atoms with Crippen molar-refractivity contribution >= 4 is 17.8 Å². The van der Waals surface area contributed by atoms with Crippen molar-refractivity contribution in [3.63, 3.8) is 0 Å². The van der Waals surface area contributed by atoms with Crippen molar-refractivity contribution in [1.82, 2.24) is 19.8 Å². The highest BCUT2D eigenvalue weighted by molar-refractivity contribution is 6.01. The van der Waals surface area contributed by atoms with Crippen molar-refractivity contribution in [1.29, 1.82) is 0 Å². The summed E-state index contributed by atoms with van der Waals surface area (Å²) in [7, 11) is 0. The molecule has 0 aliphatic carbocycles. The van der Waals surface area contributed by atoms with Crippen molar-refractivity contribution < 1.29 is 9.59 Å². The molecule has 29 heavy (non-hydrogen) atoms. The second-order valence-electron chi connectivity index (χ2n) is 7.78. The number of hydrogen-bond donors (Lipinski definition) is 0.